The molecular weight excluding hydrogens is 186 g/mol. The molecule has 0 rings (SSSR count). The van der Waals surface area contributed by atoms with E-state index in [2.05, 4.69) is 10.1 Å². The van der Waals surface area contributed by atoms with Gasteiger partial charge in [0.1, 0.15) is 12.6 Å². The van der Waals surface area contributed by atoms with Crippen LogP contribution in [0.15, 0.2) is 0 Å². The van der Waals surface area contributed by atoms with E-state index < -0.39 is 12.1 Å². The lowest BCUT2D eigenvalue weighted by Crippen LogP contribution is -2.32. The Hall–Kier alpha value is -1.26. The van der Waals surface area contributed by atoms with E-state index >= 15 is 0 Å². The molecule has 1 unspecified atom stereocenters. The molecule has 0 aliphatic heterocycles. The number of carbonyl (C=O) groups is 2. The van der Waals surface area contributed by atoms with E-state index in [1.807, 2.05) is 6.92 Å². The summed E-state index contributed by atoms with van der Waals surface area (Å²) in [6.07, 6.45) is 0.0110. The first kappa shape index (κ1) is 12.7. The first-order chi connectivity index (χ1) is 6.60. The molecule has 1 atom stereocenters. The molecule has 82 valence electrons. The number of ether oxygens (including phenoxy) is 2. The molecule has 1 N–H and O–H groups in total. The van der Waals surface area contributed by atoms with Crippen LogP contribution in [0, 0.1) is 0 Å². The number of amides is 1. The highest BCUT2D eigenvalue weighted by atomic mass is 16.6. The lowest BCUT2D eigenvalue weighted by atomic mass is 10.3. The second kappa shape index (κ2) is 7.17. The van der Waals surface area contributed by atoms with Gasteiger partial charge in [0.25, 0.3) is 0 Å². The average Bonchev–Trinajstić information content (AvgIpc) is 2.15. The molecule has 0 aromatic carbocycles. The smallest absolute Gasteiger partial charge is 0.407 e. The fraction of sp³-hybridized carbons (Fsp3) is 0.778. The number of hydrogen-bond donors (Lipinski definition) is 1. The van der Waals surface area contributed by atoms with Crippen LogP contribution < -0.4 is 5.32 Å². The minimum absolute atomic E-state index is 0.141. The standard InChI is InChI=1S/C9H17NO4/c1-4-7(3)14-9(12)10-6-8(11)13-5-2/h7H,4-6H2,1-3H3,(H,10,12). The van der Waals surface area contributed by atoms with Crippen LogP contribution in [0.25, 0.3) is 0 Å². The lowest BCUT2D eigenvalue weighted by Gasteiger charge is -2.11. The third kappa shape index (κ3) is 6.28. The third-order valence-electron chi connectivity index (χ3n) is 1.57. The highest BCUT2D eigenvalue weighted by Crippen LogP contribution is 1.95. The Labute approximate surface area is 83.8 Å². The first-order valence-corrected chi connectivity index (χ1v) is 4.70. The quantitative estimate of drug-likeness (QED) is 0.679. The Bertz CT molecular complexity index is 193. The molecule has 5 heteroatoms. The van der Waals surface area contributed by atoms with Gasteiger partial charge in [-0.05, 0) is 20.3 Å². The zero-order valence-electron chi connectivity index (χ0n) is 8.83. The third-order valence-corrected chi connectivity index (χ3v) is 1.57. The molecule has 0 aromatic rings. The average molecular weight is 203 g/mol. The van der Waals surface area contributed by atoms with Gasteiger partial charge in [-0.1, -0.05) is 6.92 Å². The molecule has 14 heavy (non-hydrogen) atoms. The van der Waals surface area contributed by atoms with Gasteiger partial charge >= 0.3 is 12.1 Å². The van der Waals surface area contributed by atoms with Crippen molar-refractivity contribution in [1.29, 1.82) is 0 Å². The van der Waals surface area contributed by atoms with Crippen LogP contribution in [-0.4, -0.2) is 31.3 Å². The van der Waals surface area contributed by atoms with Crippen molar-refractivity contribution < 1.29 is 19.1 Å². The summed E-state index contributed by atoms with van der Waals surface area (Å²) in [6.45, 7) is 5.55. The second-order valence-corrected chi connectivity index (χ2v) is 2.78. The Morgan fingerprint density at radius 1 is 1.36 bits per heavy atom. The summed E-state index contributed by atoms with van der Waals surface area (Å²) in [6, 6.07) is 0. The van der Waals surface area contributed by atoms with E-state index in [-0.39, 0.29) is 12.6 Å². The molecule has 0 radical (unpaired) electrons. The molecule has 0 aromatic heterocycles. The number of carbonyl (C=O) groups excluding carboxylic acids is 2. The minimum Gasteiger partial charge on any atom is -0.465 e. The fourth-order valence-electron chi connectivity index (χ4n) is 0.664. The van der Waals surface area contributed by atoms with Gasteiger partial charge in [0.05, 0.1) is 6.61 Å². The molecule has 1 amide bonds. The van der Waals surface area contributed by atoms with E-state index in [9.17, 15) is 9.59 Å². The monoisotopic (exact) mass is 203 g/mol. The Morgan fingerprint density at radius 2 is 2.00 bits per heavy atom. The number of rotatable bonds is 5. The Balaban J connectivity index is 3.58. The molecular formula is C9H17NO4. The van der Waals surface area contributed by atoms with E-state index in [1.165, 1.54) is 0 Å². The van der Waals surface area contributed by atoms with Crippen LogP contribution in [0.1, 0.15) is 27.2 Å². The van der Waals surface area contributed by atoms with Gasteiger partial charge in [-0.15, -0.1) is 0 Å². The van der Waals surface area contributed by atoms with Crippen LogP contribution in [-0.2, 0) is 14.3 Å². The van der Waals surface area contributed by atoms with Gasteiger partial charge in [-0.3, -0.25) is 4.79 Å². The fourth-order valence-corrected chi connectivity index (χ4v) is 0.664. The van der Waals surface area contributed by atoms with Crippen molar-refractivity contribution in [2.45, 2.75) is 33.3 Å². The maximum Gasteiger partial charge on any atom is 0.407 e. The topological polar surface area (TPSA) is 64.6 Å². The summed E-state index contributed by atoms with van der Waals surface area (Å²) in [5, 5.41) is 2.30. The van der Waals surface area contributed by atoms with Gasteiger partial charge in [0.2, 0.25) is 0 Å². The van der Waals surface area contributed by atoms with E-state index in [1.54, 1.807) is 13.8 Å². The molecule has 0 bridgehead atoms. The van der Waals surface area contributed by atoms with E-state index in [0.29, 0.717) is 6.61 Å². The maximum atomic E-state index is 11.0. The van der Waals surface area contributed by atoms with Crippen molar-refractivity contribution >= 4 is 12.1 Å². The number of hydrogen-bond acceptors (Lipinski definition) is 4. The summed E-state index contributed by atoms with van der Waals surface area (Å²) in [5.41, 5.74) is 0. The zero-order valence-corrected chi connectivity index (χ0v) is 8.83. The number of nitrogens with one attached hydrogen (secondary N) is 1. The van der Waals surface area contributed by atoms with E-state index in [4.69, 9.17) is 4.74 Å². The van der Waals surface area contributed by atoms with Gasteiger partial charge < -0.3 is 14.8 Å². The summed E-state index contributed by atoms with van der Waals surface area (Å²) >= 11 is 0. The SMILES string of the molecule is CCOC(=O)CNC(=O)OC(C)CC. The van der Waals surface area contributed by atoms with Crippen molar-refractivity contribution in [1.82, 2.24) is 5.32 Å². The molecule has 0 saturated carbocycles. The van der Waals surface area contributed by atoms with Crippen LogP contribution in [0.3, 0.4) is 0 Å². The molecule has 0 aliphatic rings. The van der Waals surface area contributed by atoms with E-state index in [0.717, 1.165) is 6.42 Å². The first-order valence-electron chi connectivity index (χ1n) is 4.70. The second-order valence-electron chi connectivity index (χ2n) is 2.78. The van der Waals surface area contributed by atoms with Crippen molar-refractivity contribution in [3.8, 4) is 0 Å². The summed E-state index contributed by atoms with van der Waals surface area (Å²) in [5.74, 6) is -0.464. The van der Waals surface area contributed by atoms with Gasteiger partial charge in [0, 0.05) is 0 Å². The van der Waals surface area contributed by atoms with Crippen molar-refractivity contribution in [2.75, 3.05) is 13.2 Å². The molecule has 0 aliphatic carbocycles. The van der Waals surface area contributed by atoms with Gasteiger partial charge in [-0.2, -0.15) is 0 Å². The molecule has 0 spiro atoms. The Kier molecular flexibility index (Phi) is 6.53. The molecule has 0 fully saturated rings. The van der Waals surface area contributed by atoms with Crippen molar-refractivity contribution in [2.24, 2.45) is 0 Å². The highest BCUT2D eigenvalue weighted by molar-refractivity contribution is 5.77. The normalized spacial score (nSPS) is 11.6. The van der Waals surface area contributed by atoms with Crippen LogP contribution in [0.4, 0.5) is 4.79 Å². The maximum absolute atomic E-state index is 11.0. The number of esters is 1. The van der Waals surface area contributed by atoms with Crippen LogP contribution in [0.2, 0.25) is 0 Å². The van der Waals surface area contributed by atoms with Gasteiger partial charge in [-0.25, -0.2) is 4.79 Å². The lowest BCUT2D eigenvalue weighted by molar-refractivity contribution is -0.141. The van der Waals surface area contributed by atoms with Crippen LogP contribution >= 0.6 is 0 Å². The van der Waals surface area contributed by atoms with Crippen molar-refractivity contribution in [3.63, 3.8) is 0 Å². The zero-order chi connectivity index (χ0) is 11.0. The summed E-state index contributed by atoms with van der Waals surface area (Å²) in [7, 11) is 0. The summed E-state index contributed by atoms with van der Waals surface area (Å²) < 4.78 is 9.48. The number of alkyl carbamates (subject to hydrolysis) is 1. The van der Waals surface area contributed by atoms with Crippen LogP contribution in [0.5, 0.6) is 0 Å². The Morgan fingerprint density at radius 3 is 2.50 bits per heavy atom. The summed E-state index contributed by atoms with van der Waals surface area (Å²) in [4.78, 5) is 21.8. The predicted molar refractivity (Wildman–Crippen MR) is 50.9 cm³/mol. The largest absolute Gasteiger partial charge is 0.465 e. The molecule has 5 nitrogen and oxygen atoms in total. The molecule has 0 saturated heterocycles. The molecule has 0 heterocycles. The predicted octanol–water partition coefficient (Wildman–Crippen LogP) is 1.07. The van der Waals surface area contributed by atoms with Crippen molar-refractivity contribution in [3.05, 3.63) is 0 Å². The minimum atomic E-state index is -0.590. The highest BCUT2D eigenvalue weighted by Gasteiger charge is 2.09. The van der Waals surface area contributed by atoms with Gasteiger partial charge in [0.15, 0.2) is 0 Å².